The lowest BCUT2D eigenvalue weighted by Crippen LogP contribution is -2.28. The quantitative estimate of drug-likeness (QED) is 0.534. The first-order valence-corrected chi connectivity index (χ1v) is 5.75. The van der Waals surface area contributed by atoms with Gasteiger partial charge >= 0.3 is 0 Å². The van der Waals surface area contributed by atoms with Crippen LogP contribution in [-0.4, -0.2) is 11.7 Å². The van der Waals surface area contributed by atoms with Crippen molar-refractivity contribution in [2.45, 2.75) is 26.8 Å². The first kappa shape index (κ1) is 13.2. The molecule has 1 aromatic carbocycles. The van der Waals surface area contributed by atoms with E-state index < -0.39 is 0 Å². The van der Waals surface area contributed by atoms with Gasteiger partial charge in [0, 0.05) is 18.0 Å². The lowest BCUT2D eigenvalue weighted by molar-refractivity contribution is -0.124. The number of benzene rings is 1. The van der Waals surface area contributed by atoms with Gasteiger partial charge in [0.2, 0.25) is 5.91 Å². The van der Waals surface area contributed by atoms with Gasteiger partial charge in [0.05, 0.1) is 0 Å². The maximum absolute atomic E-state index is 11.6. The SMILES string of the molecule is CCC(C)C(=O)NCc1ccc(C(=N)N)cc1. The van der Waals surface area contributed by atoms with Gasteiger partial charge in [-0.05, 0) is 12.0 Å². The number of nitrogens with two attached hydrogens (primary N) is 1. The normalized spacial score (nSPS) is 11.9. The maximum Gasteiger partial charge on any atom is 0.223 e. The number of nitrogens with one attached hydrogen (secondary N) is 2. The minimum Gasteiger partial charge on any atom is -0.384 e. The zero-order valence-electron chi connectivity index (χ0n) is 10.3. The van der Waals surface area contributed by atoms with Crippen LogP contribution in [0.15, 0.2) is 24.3 Å². The zero-order valence-corrected chi connectivity index (χ0v) is 10.3. The Morgan fingerprint density at radius 1 is 1.41 bits per heavy atom. The zero-order chi connectivity index (χ0) is 12.8. The molecule has 0 aliphatic rings. The average Bonchev–Trinajstić information content (AvgIpc) is 2.35. The van der Waals surface area contributed by atoms with E-state index in [1.165, 1.54) is 0 Å². The Morgan fingerprint density at radius 3 is 2.47 bits per heavy atom. The van der Waals surface area contributed by atoms with Crippen LogP contribution in [0.4, 0.5) is 0 Å². The number of rotatable bonds is 5. The van der Waals surface area contributed by atoms with Crippen LogP contribution in [-0.2, 0) is 11.3 Å². The van der Waals surface area contributed by atoms with Gasteiger partial charge in [-0.2, -0.15) is 0 Å². The van der Waals surface area contributed by atoms with E-state index in [0.717, 1.165) is 12.0 Å². The van der Waals surface area contributed by atoms with Crippen molar-refractivity contribution in [3.63, 3.8) is 0 Å². The number of nitrogen functional groups attached to an aromatic ring is 1. The Bertz CT molecular complexity index is 398. The monoisotopic (exact) mass is 233 g/mol. The van der Waals surface area contributed by atoms with E-state index in [4.69, 9.17) is 11.1 Å². The second kappa shape index (κ2) is 6.03. The summed E-state index contributed by atoms with van der Waals surface area (Å²) in [5.41, 5.74) is 7.06. The highest BCUT2D eigenvalue weighted by atomic mass is 16.1. The molecule has 0 bridgehead atoms. The van der Waals surface area contributed by atoms with E-state index in [0.29, 0.717) is 12.1 Å². The highest BCUT2D eigenvalue weighted by Gasteiger charge is 2.09. The summed E-state index contributed by atoms with van der Waals surface area (Å²) in [6.07, 6.45) is 0.842. The number of carbonyl (C=O) groups is 1. The van der Waals surface area contributed by atoms with Crippen molar-refractivity contribution < 1.29 is 4.79 Å². The van der Waals surface area contributed by atoms with E-state index in [1.54, 1.807) is 12.1 Å². The number of hydrogen-bond acceptors (Lipinski definition) is 2. The predicted octanol–water partition coefficient (Wildman–Crippen LogP) is 1.63. The molecular weight excluding hydrogens is 214 g/mol. The molecule has 0 heterocycles. The second-order valence-corrected chi connectivity index (χ2v) is 4.14. The molecule has 0 radical (unpaired) electrons. The molecule has 0 aliphatic carbocycles. The summed E-state index contributed by atoms with van der Waals surface area (Å²) in [7, 11) is 0. The Hall–Kier alpha value is -1.84. The van der Waals surface area contributed by atoms with Crippen LogP contribution in [0, 0.1) is 11.3 Å². The molecule has 0 aliphatic heterocycles. The van der Waals surface area contributed by atoms with Crippen LogP contribution >= 0.6 is 0 Å². The van der Waals surface area contributed by atoms with Crippen LogP contribution in [0.25, 0.3) is 0 Å². The van der Waals surface area contributed by atoms with Gasteiger partial charge in [0.1, 0.15) is 5.84 Å². The molecule has 17 heavy (non-hydrogen) atoms. The van der Waals surface area contributed by atoms with Gasteiger partial charge in [-0.15, -0.1) is 0 Å². The van der Waals surface area contributed by atoms with Crippen molar-refractivity contribution in [2.75, 3.05) is 0 Å². The van der Waals surface area contributed by atoms with Crippen molar-refractivity contribution in [1.82, 2.24) is 5.32 Å². The molecule has 1 aromatic rings. The summed E-state index contributed by atoms with van der Waals surface area (Å²) >= 11 is 0. The molecule has 4 N–H and O–H groups in total. The van der Waals surface area contributed by atoms with Crippen LogP contribution in [0.5, 0.6) is 0 Å². The molecule has 0 aromatic heterocycles. The van der Waals surface area contributed by atoms with Crippen LogP contribution in [0.1, 0.15) is 31.4 Å². The van der Waals surface area contributed by atoms with Crippen LogP contribution < -0.4 is 11.1 Å². The van der Waals surface area contributed by atoms with Gasteiger partial charge in [0.25, 0.3) is 0 Å². The fraction of sp³-hybridized carbons (Fsp3) is 0.385. The third-order valence-corrected chi connectivity index (χ3v) is 2.79. The van der Waals surface area contributed by atoms with E-state index in [2.05, 4.69) is 5.32 Å². The molecule has 1 amide bonds. The van der Waals surface area contributed by atoms with Crippen LogP contribution in [0.2, 0.25) is 0 Å². The van der Waals surface area contributed by atoms with Gasteiger partial charge in [-0.1, -0.05) is 38.1 Å². The van der Waals surface area contributed by atoms with Crippen molar-refractivity contribution >= 4 is 11.7 Å². The Balaban J connectivity index is 2.53. The highest BCUT2D eigenvalue weighted by Crippen LogP contribution is 2.05. The molecule has 0 fully saturated rings. The molecule has 4 heteroatoms. The smallest absolute Gasteiger partial charge is 0.223 e. The summed E-state index contributed by atoms with van der Waals surface area (Å²) in [4.78, 5) is 11.6. The van der Waals surface area contributed by atoms with E-state index >= 15 is 0 Å². The molecule has 92 valence electrons. The first-order valence-electron chi connectivity index (χ1n) is 5.75. The molecule has 0 spiro atoms. The third kappa shape index (κ3) is 3.90. The number of carbonyl (C=O) groups excluding carboxylic acids is 1. The molecule has 0 saturated heterocycles. The molecule has 1 rings (SSSR count). The Kier molecular flexibility index (Phi) is 4.69. The second-order valence-electron chi connectivity index (χ2n) is 4.14. The summed E-state index contributed by atoms with van der Waals surface area (Å²) < 4.78 is 0. The summed E-state index contributed by atoms with van der Waals surface area (Å²) in [6, 6.07) is 7.31. The highest BCUT2D eigenvalue weighted by molar-refractivity contribution is 5.94. The largest absolute Gasteiger partial charge is 0.384 e. The van der Waals surface area contributed by atoms with E-state index in [-0.39, 0.29) is 17.7 Å². The number of hydrogen-bond donors (Lipinski definition) is 3. The molecule has 1 atom stereocenters. The molecule has 0 saturated carbocycles. The van der Waals surface area contributed by atoms with Crippen molar-refractivity contribution in [1.29, 1.82) is 5.41 Å². The van der Waals surface area contributed by atoms with Crippen LogP contribution in [0.3, 0.4) is 0 Å². The fourth-order valence-electron chi connectivity index (χ4n) is 1.35. The summed E-state index contributed by atoms with van der Waals surface area (Å²) in [5, 5.41) is 10.1. The maximum atomic E-state index is 11.6. The number of amides is 1. The fourth-order valence-corrected chi connectivity index (χ4v) is 1.35. The Morgan fingerprint density at radius 2 is 2.00 bits per heavy atom. The topological polar surface area (TPSA) is 79.0 Å². The van der Waals surface area contributed by atoms with Crippen molar-refractivity contribution in [3.05, 3.63) is 35.4 Å². The molecule has 4 nitrogen and oxygen atoms in total. The van der Waals surface area contributed by atoms with Gasteiger partial charge in [-0.3, -0.25) is 10.2 Å². The lowest BCUT2D eigenvalue weighted by Gasteiger charge is -2.10. The van der Waals surface area contributed by atoms with E-state index in [1.807, 2.05) is 26.0 Å². The number of amidine groups is 1. The molecule has 1 unspecified atom stereocenters. The standard InChI is InChI=1S/C13H19N3O/c1-3-9(2)13(17)16-8-10-4-6-11(7-5-10)12(14)15/h4-7,9H,3,8H2,1-2H3,(H3,14,15)(H,16,17). The lowest BCUT2D eigenvalue weighted by atomic mass is 10.1. The molecular formula is C13H19N3O. The van der Waals surface area contributed by atoms with Crippen molar-refractivity contribution in [3.8, 4) is 0 Å². The van der Waals surface area contributed by atoms with E-state index in [9.17, 15) is 4.79 Å². The summed E-state index contributed by atoms with van der Waals surface area (Å²) in [5.74, 6) is 0.176. The van der Waals surface area contributed by atoms with Gasteiger partial charge < -0.3 is 11.1 Å². The minimum atomic E-state index is 0.0477. The average molecular weight is 233 g/mol. The van der Waals surface area contributed by atoms with Gasteiger partial charge in [0.15, 0.2) is 0 Å². The Labute approximate surface area is 102 Å². The summed E-state index contributed by atoms with van der Waals surface area (Å²) in [6.45, 7) is 4.42. The van der Waals surface area contributed by atoms with Crippen molar-refractivity contribution in [2.24, 2.45) is 11.7 Å². The third-order valence-electron chi connectivity index (χ3n) is 2.79. The van der Waals surface area contributed by atoms with Gasteiger partial charge in [-0.25, -0.2) is 0 Å². The first-order chi connectivity index (χ1) is 8.04. The predicted molar refractivity (Wildman–Crippen MR) is 68.8 cm³/mol. The minimum absolute atomic E-state index is 0.0477.